The van der Waals surface area contributed by atoms with Gasteiger partial charge >= 0.3 is 6.18 Å². The van der Waals surface area contributed by atoms with Crippen molar-refractivity contribution >= 4 is 5.91 Å². The van der Waals surface area contributed by atoms with Crippen molar-refractivity contribution in [2.75, 3.05) is 6.86 Å². The standard InChI is InChI=1S/C28H27F4N3O3/c1-18(35-26(36)27(2,3)38-25-12-9-22(16-34-25)28(30,31)32)24(21-6-4-5-20(13-21)15-33)14-19-7-10-23(11-8-19)37-17-29/h4-13,16,18,24H,14,17H2,1-3H3,(H,35,36)/t18?,24-/m1/s1. The van der Waals surface area contributed by atoms with E-state index in [1.165, 1.54) is 13.8 Å². The zero-order valence-corrected chi connectivity index (χ0v) is 21.1. The molecule has 0 saturated heterocycles. The highest BCUT2D eigenvalue weighted by Crippen LogP contribution is 2.30. The predicted molar refractivity (Wildman–Crippen MR) is 132 cm³/mol. The Labute approximate surface area is 218 Å². The quantitative estimate of drug-likeness (QED) is 0.328. The fraction of sp³-hybridized carbons (Fsp3) is 0.321. The van der Waals surface area contributed by atoms with Gasteiger partial charge in [-0.3, -0.25) is 4.79 Å². The summed E-state index contributed by atoms with van der Waals surface area (Å²) in [4.78, 5) is 16.9. The molecule has 0 bridgehead atoms. The molecule has 200 valence electrons. The maximum atomic E-state index is 13.2. The average Bonchev–Trinajstić information content (AvgIpc) is 2.88. The third kappa shape index (κ3) is 7.44. The number of nitrogens with zero attached hydrogens (tertiary/aromatic N) is 2. The maximum absolute atomic E-state index is 13.2. The largest absolute Gasteiger partial charge is 0.463 e. The van der Waals surface area contributed by atoms with Gasteiger partial charge in [0.05, 0.1) is 17.2 Å². The molecule has 0 aliphatic heterocycles. The number of aromatic nitrogens is 1. The third-order valence-corrected chi connectivity index (χ3v) is 5.98. The van der Waals surface area contributed by atoms with E-state index in [2.05, 4.69) is 16.4 Å². The van der Waals surface area contributed by atoms with Crippen LogP contribution in [0.5, 0.6) is 11.6 Å². The summed E-state index contributed by atoms with van der Waals surface area (Å²) >= 11 is 0. The zero-order chi connectivity index (χ0) is 27.9. The zero-order valence-electron chi connectivity index (χ0n) is 21.1. The van der Waals surface area contributed by atoms with Crippen molar-refractivity contribution in [3.63, 3.8) is 0 Å². The van der Waals surface area contributed by atoms with Crippen LogP contribution in [-0.4, -0.2) is 29.4 Å². The molecule has 10 heteroatoms. The van der Waals surface area contributed by atoms with Crippen molar-refractivity contribution in [2.24, 2.45) is 0 Å². The Morgan fingerprint density at radius 1 is 1.11 bits per heavy atom. The van der Waals surface area contributed by atoms with Gasteiger partial charge in [0.2, 0.25) is 12.7 Å². The number of benzene rings is 2. The van der Waals surface area contributed by atoms with Crippen LogP contribution in [0.15, 0.2) is 66.9 Å². The van der Waals surface area contributed by atoms with E-state index in [0.29, 0.717) is 23.9 Å². The topological polar surface area (TPSA) is 84.2 Å². The first-order valence-corrected chi connectivity index (χ1v) is 11.7. The van der Waals surface area contributed by atoms with Crippen LogP contribution in [0, 0.1) is 11.3 Å². The molecule has 1 heterocycles. The summed E-state index contributed by atoms with van der Waals surface area (Å²) in [6, 6.07) is 17.5. The molecule has 0 aliphatic carbocycles. The maximum Gasteiger partial charge on any atom is 0.417 e. The number of hydrogen-bond acceptors (Lipinski definition) is 5. The number of amides is 1. The van der Waals surface area contributed by atoms with E-state index >= 15 is 0 Å². The second-order valence-electron chi connectivity index (χ2n) is 9.20. The number of carbonyl (C=O) groups excluding carboxylic acids is 1. The van der Waals surface area contributed by atoms with Gasteiger partial charge in [0.15, 0.2) is 5.60 Å². The van der Waals surface area contributed by atoms with Crippen molar-refractivity contribution in [1.82, 2.24) is 10.3 Å². The van der Waals surface area contributed by atoms with Crippen molar-refractivity contribution in [1.29, 1.82) is 5.26 Å². The van der Waals surface area contributed by atoms with E-state index in [4.69, 9.17) is 9.47 Å². The number of carbonyl (C=O) groups is 1. The molecule has 1 unspecified atom stereocenters. The normalized spacial score (nSPS) is 13.2. The van der Waals surface area contributed by atoms with Crippen molar-refractivity contribution < 1.29 is 31.8 Å². The molecule has 38 heavy (non-hydrogen) atoms. The predicted octanol–water partition coefficient (Wildman–Crippen LogP) is 5.97. The molecule has 3 aromatic rings. The van der Waals surface area contributed by atoms with Gasteiger partial charge in [0.1, 0.15) is 5.75 Å². The summed E-state index contributed by atoms with van der Waals surface area (Å²) in [6.45, 7) is 3.85. The molecule has 3 rings (SSSR count). The van der Waals surface area contributed by atoms with Crippen LogP contribution in [0.3, 0.4) is 0 Å². The number of pyridine rings is 1. The summed E-state index contributed by atoms with van der Waals surface area (Å²) in [5.41, 5.74) is -0.189. The number of rotatable bonds is 10. The molecule has 0 radical (unpaired) electrons. The molecule has 1 aromatic heterocycles. The van der Waals surface area contributed by atoms with Gasteiger partial charge in [0.25, 0.3) is 5.91 Å². The third-order valence-electron chi connectivity index (χ3n) is 5.98. The summed E-state index contributed by atoms with van der Waals surface area (Å²) in [7, 11) is 0. The van der Waals surface area contributed by atoms with Gasteiger partial charge in [-0.1, -0.05) is 24.3 Å². The smallest absolute Gasteiger partial charge is 0.417 e. The van der Waals surface area contributed by atoms with Crippen molar-refractivity contribution in [2.45, 2.75) is 50.9 Å². The molecule has 1 amide bonds. The monoisotopic (exact) mass is 529 g/mol. The minimum absolute atomic E-state index is 0.125. The lowest BCUT2D eigenvalue weighted by molar-refractivity contribution is -0.138. The Kier molecular flexibility index (Phi) is 8.94. The van der Waals surface area contributed by atoms with E-state index in [1.807, 2.05) is 13.0 Å². The molecule has 1 N–H and O–H groups in total. The summed E-state index contributed by atoms with van der Waals surface area (Å²) in [6.07, 6.45) is -3.41. The highest BCUT2D eigenvalue weighted by atomic mass is 19.4. The van der Waals surface area contributed by atoms with Crippen LogP contribution in [0.2, 0.25) is 0 Å². The van der Waals surface area contributed by atoms with Crippen LogP contribution >= 0.6 is 0 Å². The molecule has 6 nitrogen and oxygen atoms in total. The minimum Gasteiger partial charge on any atom is -0.463 e. The van der Waals surface area contributed by atoms with Gasteiger partial charge in [-0.05, 0) is 68.7 Å². The fourth-order valence-corrected chi connectivity index (χ4v) is 3.86. The van der Waals surface area contributed by atoms with Crippen LogP contribution in [0.25, 0.3) is 0 Å². The number of ether oxygens (including phenoxy) is 2. The molecular formula is C28H27F4N3O3. The minimum atomic E-state index is -4.54. The number of alkyl halides is 4. The SMILES string of the molecule is CC(NC(=O)C(C)(C)Oc1ccc(C(F)(F)F)cn1)[C@@H](Cc1ccc(OCF)cc1)c1cccc(C#N)c1. The van der Waals surface area contributed by atoms with Crippen LogP contribution in [0.4, 0.5) is 17.6 Å². The van der Waals surface area contributed by atoms with Gasteiger partial charge < -0.3 is 14.8 Å². The lowest BCUT2D eigenvalue weighted by Crippen LogP contribution is -2.51. The van der Waals surface area contributed by atoms with Gasteiger partial charge in [-0.2, -0.15) is 18.4 Å². The molecule has 0 fully saturated rings. The van der Waals surface area contributed by atoms with Gasteiger partial charge in [-0.15, -0.1) is 0 Å². The molecular weight excluding hydrogens is 502 g/mol. The Hall–Kier alpha value is -4.13. The molecule has 0 saturated carbocycles. The highest BCUT2D eigenvalue weighted by Gasteiger charge is 2.34. The lowest BCUT2D eigenvalue weighted by Gasteiger charge is -2.30. The van der Waals surface area contributed by atoms with E-state index < -0.39 is 36.2 Å². The van der Waals surface area contributed by atoms with Crippen LogP contribution < -0.4 is 14.8 Å². The number of nitriles is 1. The Morgan fingerprint density at radius 2 is 1.82 bits per heavy atom. The number of halogens is 4. The van der Waals surface area contributed by atoms with Gasteiger partial charge in [-0.25, -0.2) is 9.37 Å². The molecule has 0 spiro atoms. The number of nitrogens with one attached hydrogen (secondary N) is 1. The first-order chi connectivity index (χ1) is 17.9. The summed E-state index contributed by atoms with van der Waals surface area (Å²) in [5.74, 6) is -0.504. The van der Waals surface area contributed by atoms with E-state index in [0.717, 1.165) is 23.3 Å². The van der Waals surface area contributed by atoms with E-state index in [1.54, 1.807) is 42.5 Å². The second kappa shape index (κ2) is 11.9. The number of hydrogen-bond donors (Lipinski definition) is 1. The molecule has 0 aliphatic rings. The van der Waals surface area contributed by atoms with Gasteiger partial charge in [0, 0.05) is 24.2 Å². The van der Waals surface area contributed by atoms with Crippen molar-refractivity contribution in [3.8, 4) is 17.7 Å². The Balaban J connectivity index is 1.79. The van der Waals surface area contributed by atoms with E-state index in [9.17, 15) is 27.6 Å². The fourth-order valence-electron chi connectivity index (χ4n) is 3.86. The van der Waals surface area contributed by atoms with E-state index in [-0.39, 0.29) is 11.8 Å². The molecule has 2 atom stereocenters. The van der Waals surface area contributed by atoms with Crippen molar-refractivity contribution in [3.05, 3.63) is 89.1 Å². The second-order valence-corrected chi connectivity index (χ2v) is 9.20. The van der Waals surface area contributed by atoms with Crippen LogP contribution in [-0.2, 0) is 17.4 Å². The lowest BCUT2D eigenvalue weighted by atomic mass is 9.85. The average molecular weight is 530 g/mol. The first-order valence-electron chi connectivity index (χ1n) is 11.7. The first kappa shape index (κ1) is 28.4. The summed E-state index contributed by atoms with van der Waals surface area (Å²) in [5, 5.41) is 12.3. The summed E-state index contributed by atoms with van der Waals surface area (Å²) < 4.78 is 61.4. The Morgan fingerprint density at radius 3 is 2.39 bits per heavy atom. The van der Waals surface area contributed by atoms with Crippen LogP contribution in [0.1, 0.15) is 48.9 Å². The Bertz CT molecular complexity index is 1270. The highest BCUT2D eigenvalue weighted by molar-refractivity contribution is 5.85. The molecule has 2 aromatic carbocycles.